The van der Waals surface area contributed by atoms with E-state index in [-0.39, 0.29) is 22.8 Å². The molecule has 4 rings (SSSR count). The summed E-state index contributed by atoms with van der Waals surface area (Å²) in [4.78, 5) is 25.4. The smallest absolute Gasteiger partial charge is 0.229 e. The summed E-state index contributed by atoms with van der Waals surface area (Å²) in [6.45, 7) is 0.832. The number of hydrogen-bond acceptors (Lipinski definition) is 11. The zero-order valence-corrected chi connectivity index (χ0v) is 22.9. The van der Waals surface area contributed by atoms with Gasteiger partial charge in [-0.05, 0) is 60.1 Å². The highest BCUT2D eigenvalue weighted by Crippen LogP contribution is 2.51. The van der Waals surface area contributed by atoms with Gasteiger partial charge in [-0.25, -0.2) is 0 Å². The van der Waals surface area contributed by atoms with Crippen molar-refractivity contribution in [3.05, 3.63) is 45.6 Å². The van der Waals surface area contributed by atoms with E-state index in [0.29, 0.717) is 34.6 Å². The molecule has 0 aromatic heterocycles. The van der Waals surface area contributed by atoms with Crippen molar-refractivity contribution in [2.75, 3.05) is 27.1 Å². The highest BCUT2D eigenvalue weighted by atomic mass is 32.2. The van der Waals surface area contributed by atoms with E-state index in [1.54, 1.807) is 18.2 Å². The van der Waals surface area contributed by atoms with E-state index < -0.39 is 43.4 Å². The number of hydrogen-bond donors (Lipinski definition) is 5. The quantitative estimate of drug-likeness (QED) is 0.302. The first kappa shape index (κ1) is 29.1. The van der Waals surface area contributed by atoms with Crippen LogP contribution in [0.5, 0.6) is 17.2 Å². The summed E-state index contributed by atoms with van der Waals surface area (Å²) < 4.78 is 23.0. The SMILES string of the molecule is COc1c(O[C@@H]2OC(CO)[C@@H](O)[C@H](O)[C@H]2O)cc2c(c1OC)-c1ccc(=O)c(SC)cc1[C@@H](NC(C)=O)CC2. The molecule has 0 radical (unpaired) electrons. The van der Waals surface area contributed by atoms with Crippen LogP contribution < -0.4 is 25.0 Å². The number of methoxy groups -OCH3 is 2. The van der Waals surface area contributed by atoms with E-state index in [2.05, 4.69) is 5.32 Å². The maximum atomic E-state index is 12.7. The van der Waals surface area contributed by atoms with Crippen LogP contribution in [0.2, 0.25) is 0 Å². The van der Waals surface area contributed by atoms with Crippen LogP contribution in [0, 0.1) is 0 Å². The van der Waals surface area contributed by atoms with Crippen molar-refractivity contribution in [2.24, 2.45) is 0 Å². The van der Waals surface area contributed by atoms with Crippen LogP contribution in [0.4, 0.5) is 0 Å². The van der Waals surface area contributed by atoms with Crippen LogP contribution in [0.25, 0.3) is 11.1 Å². The van der Waals surface area contributed by atoms with Gasteiger partial charge in [0, 0.05) is 12.5 Å². The first-order chi connectivity index (χ1) is 18.6. The van der Waals surface area contributed by atoms with Gasteiger partial charge >= 0.3 is 0 Å². The first-order valence-electron chi connectivity index (χ1n) is 12.4. The molecule has 6 atom stereocenters. The molecule has 1 amide bonds. The standard InChI is InChI=1S/C27H33NO10S/c1-12(30)28-16-7-5-13-9-18(37-27-24(34)23(33)22(32)19(11-29)38-27)25(35-2)26(36-3)21(13)14-6-8-17(31)20(39-4)10-15(14)16/h6,8-10,16,19,22-24,27,29,32-34H,5,7,11H2,1-4H3,(H,28,30)/t16-,19?,22+,23-,24+,27+/m0/s1. The molecule has 1 aliphatic carbocycles. The summed E-state index contributed by atoms with van der Waals surface area (Å²) in [7, 11) is 2.87. The normalized spacial score (nSPS) is 26.1. The second-order valence-corrected chi connectivity index (χ2v) is 10.2. The van der Waals surface area contributed by atoms with E-state index in [1.807, 2.05) is 6.26 Å². The van der Waals surface area contributed by atoms with E-state index in [9.17, 15) is 30.0 Å². The molecule has 39 heavy (non-hydrogen) atoms. The third-order valence-electron chi connectivity index (χ3n) is 6.97. The molecule has 2 aliphatic rings. The Morgan fingerprint density at radius 1 is 1.10 bits per heavy atom. The molecule has 1 fully saturated rings. The van der Waals surface area contributed by atoms with Crippen molar-refractivity contribution in [1.29, 1.82) is 0 Å². The molecule has 2 aromatic rings. The van der Waals surface area contributed by atoms with Gasteiger partial charge < -0.3 is 44.7 Å². The molecule has 12 heteroatoms. The van der Waals surface area contributed by atoms with Gasteiger partial charge in [-0.2, -0.15) is 0 Å². The minimum atomic E-state index is -1.62. The number of ether oxygens (including phenoxy) is 4. The number of aliphatic hydroxyl groups is 4. The molecular formula is C27H33NO10S. The molecule has 0 saturated carbocycles. The molecular weight excluding hydrogens is 530 g/mol. The van der Waals surface area contributed by atoms with Crippen LogP contribution >= 0.6 is 11.8 Å². The Kier molecular flexibility index (Phi) is 9.04. The van der Waals surface area contributed by atoms with Crippen molar-refractivity contribution in [3.63, 3.8) is 0 Å². The average Bonchev–Trinajstić information content (AvgIpc) is 3.16. The average molecular weight is 564 g/mol. The topological polar surface area (TPSA) is 164 Å². The Hall–Kier alpha value is -2.87. The van der Waals surface area contributed by atoms with Crippen LogP contribution in [0.1, 0.15) is 30.5 Å². The Labute approximate surface area is 229 Å². The van der Waals surface area contributed by atoms with Crippen molar-refractivity contribution in [3.8, 4) is 28.4 Å². The molecule has 1 aliphatic heterocycles. The predicted molar refractivity (Wildman–Crippen MR) is 142 cm³/mol. The number of nitrogens with one attached hydrogen (secondary N) is 1. The number of aryl methyl sites for hydroxylation is 1. The Morgan fingerprint density at radius 2 is 1.82 bits per heavy atom. The lowest BCUT2D eigenvalue weighted by Gasteiger charge is -2.39. The van der Waals surface area contributed by atoms with Gasteiger partial charge in [0.1, 0.15) is 24.4 Å². The van der Waals surface area contributed by atoms with E-state index in [0.717, 1.165) is 11.1 Å². The fraction of sp³-hybridized carbons (Fsp3) is 0.481. The van der Waals surface area contributed by atoms with Gasteiger partial charge in [-0.1, -0.05) is 0 Å². The number of thioether (sulfide) groups is 1. The molecule has 2 aromatic carbocycles. The number of aliphatic hydroxyl groups excluding tert-OH is 4. The number of benzene rings is 1. The summed E-state index contributed by atoms with van der Waals surface area (Å²) in [5.41, 5.74) is 2.67. The number of fused-ring (bicyclic) bond motifs is 3. The van der Waals surface area contributed by atoms with Crippen molar-refractivity contribution in [1.82, 2.24) is 5.32 Å². The van der Waals surface area contributed by atoms with Crippen LogP contribution in [-0.2, 0) is 16.0 Å². The minimum Gasteiger partial charge on any atom is -0.492 e. The predicted octanol–water partition coefficient (Wildman–Crippen LogP) is 0.755. The van der Waals surface area contributed by atoms with E-state index in [4.69, 9.17) is 18.9 Å². The number of amides is 1. The van der Waals surface area contributed by atoms with Gasteiger partial charge in [-0.15, -0.1) is 11.8 Å². The summed E-state index contributed by atoms with van der Waals surface area (Å²) in [5.74, 6) is 0.374. The zero-order chi connectivity index (χ0) is 28.4. The lowest BCUT2D eigenvalue weighted by Crippen LogP contribution is -2.60. The first-order valence-corrected chi connectivity index (χ1v) is 13.6. The summed E-state index contributed by atoms with van der Waals surface area (Å²) >= 11 is 1.32. The third kappa shape index (κ3) is 5.58. The lowest BCUT2D eigenvalue weighted by molar-refractivity contribution is -0.277. The van der Waals surface area contributed by atoms with Gasteiger partial charge in [0.25, 0.3) is 0 Å². The van der Waals surface area contributed by atoms with Gasteiger partial charge in [-0.3, -0.25) is 9.59 Å². The molecule has 1 unspecified atom stereocenters. The fourth-order valence-electron chi connectivity index (χ4n) is 5.08. The number of carbonyl (C=O) groups is 1. The molecule has 1 heterocycles. The van der Waals surface area contributed by atoms with Gasteiger partial charge in [0.2, 0.25) is 17.9 Å². The Morgan fingerprint density at radius 3 is 2.44 bits per heavy atom. The second-order valence-electron chi connectivity index (χ2n) is 9.36. The summed E-state index contributed by atoms with van der Waals surface area (Å²) in [6, 6.07) is 6.28. The molecule has 11 nitrogen and oxygen atoms in total. The zero-order valence-electron chi connectivity index (χ0n) is 22.0. The largest absolute Gasteiger partial charge is 0.492 e. The molecule has 212 valence electrons. The number of carbonyl (C=O) groups excluding carboxylic acids is 1. The maximum Gasteiger partial charge on any atom is 0.229 e. The number of rotatable bonds is 7. The monoisotopic (exact) mass is 563 g/mol. The molecule has 5 N–H and O–H groups in total. The van der Waals surface area contributed by atoms with Crippen molar-refractivity contribution >= 4 is 17.7 Å². The Bertz CT molecular complexity index is 1290. The fourth-order valence-corrected chi connectivity index (χ4v) is 5.59. The molecule has 1 saturated heterocycles. The summed E-state index contributed by atoms with van der Waals surface area (Å²) in [6.07, 6.45) is -4.58. The van der Waals surface area contributed by atoms with E-state index >= 15 is 0 Å². The highest BCUT2D eigenvalue weighted by Gasteiger charge is 2.45. The molecule has 0 spiro atoms. The summed E-state index contributed by atoms with van der Waals surface area (Å²) in [5, 5.41) is 43.4. The second kappa shape index (κ2) is 12.1. The lowest BCUT2D eigenvalue weighted by atomic mass is 9.95. The van der Waals surface area contributed by atoms with Crippen LogP contribution in [-0.4, -0.2) is 84.1 Å². The third-order valence-corrected chi connectivity index (χ3v) is 7.73. The van der Waals surface area contributed by atoms with Crippen LogP contribution in [0.15, 0.2) is 34.0 Å². The van der Waals surface area contributed by atoms with Gasteiger partial charge in [0.05, 0.1) is 31.8 Å². The van der Waals surface area contributed by atoms with Crippen LogP contribution in [0.3, 0.4) is 0 Å². The van der Waals surface area contributed by atoms with Crippen molar-refractivity contribution < 1.29 is 44.2 Å². The van der Waals surface area contributed by atoms with Crippen molar-refractivity contribution in [2.45, 2.75) is 61.4 Å². The minimum absolute atomic E-state index is 0.131. The Balaban J connectivity index is 1.89. The highest BCUT2D eigenvalue weighted by molar-refractivity contribution is 7.98. The van der Waals surface area contributed by atoms with Gasteiger partial charge in [0.15, 0.2) is 16.9 Å². The van der Waals surface area contributed by atoms with E-state index in [1.165, 1.54) is 39.0 Å². The molecule has 0 bridgehead atoms. The maximum absolute atomic E-state index is 12.7.